The monoisotopic (exact) mass is 275 g/mol. The van der Waals surface area contributed by atoms with Crippen LogP contribution in [0, 0.1) is 0 Å². The average molecular weight is 275 g/mol. The third-order valence-electron chi connectivity index (χ3n) is 4.23. The first-order valence-corrected chi connectivity index (χ1v) is 7.62. The van der Waals surface area contributed by atoms with Gasteiger partial charge < -0.3 is 15.2 Å². The summed E-state index contributed by atoms with van der Waals surface area (Å²) in [7, 11) is 0. The number of benzene rings is 1. The molecule has 0 amide bonds. The second kappa shape index (κ2) is 5.14. The lowest BCUT2D eigenvalue weighted by molar-refractivity contribution is -0.104. The van der Waals surface area contributed by atoms with Crippen LogP contribution < -0.4 is 5.32 Å². The first kappa shape index (κ1) is 14.1. The molecule has 2 atom stereocenters. The van der Waals surface area contributed by atoms with E-state index in [2.05, 4.69) is 44.3 Å². The van der Waals surface area contributed by atoms with E-state index in [9.17, 15) is 5.11 Å². The van der Waals surface area contributed by atoms with Gasteiger partial charge in [0.15, 0.2) is 0 Å². The summed E-state index contributed by atoms with van der Waals surface area (Å²) >= 11 is 0. The molecule has 2 N–H and O–H groups in total. The highest BCUT2D eigenvalue weighted by Crippen LogP contribution is 2.35. The highest BCUT2D eigenvalue weighted by atomic mass is 16.5. The summed E-state index contributed by atoms with van der Waals surface area (Å²) in [6.45, 7) is 6.31. The largest absolute Gasteiger partial charge is 0.391 e. The number of aliphatic hydroxyl groups is 1. The third-order valence-corrected chi connectivity index (χ3v) is 4.23. The predicted molar refractivity (Wildman–Crippen MR) is 79.7 cm³/mol. The number of fused-ring (bicyclic) bond motifs is 1. The molecule has 2 aliphatic rings. The molecule has 110 valence electrons. The molecular weight excluding hydrogens is 250 g/mol. The van der Waals surface area contributed by atoms with E-state index in [0.29, 0.717) is 12.1 Å². The van der Waals surface area contributed by atoms with E-state index >= 15 is 0 Å². The van der Waals surface area contributed by atoms with Crippen LogP contribution in [0.3, 0.4) is 0 Å². The van der Waals surface area contributed by atoms with Gasteiger partial charge >= 0.3 is 0 Å². The minimum absolute atomic E-state index is 0.0604. The molecule has 0 spiro atoms. The molecule has 1 fully saturated rings. The Labute approximate surface area is 121 Å². The molecule has 20 heavy (non-hydrogen) atoms. The molecule has 1 aromatic rings. The van der Waals surface area contributed by atoms with Crippen molar-refractivity contribution in [1.82, 2.24) is 5.32 Å². The number of hydrogen-bond donors (Lipinski definition) is 2. The van der Waals surface area contributed by atoms with Crippen LogP contribution in [0.25, 0.3) is 0 Å². The Morgan fingerprint density at radius 2 is 1.90 bits per heavy atom. The molecule has 0 aliphatic heterocycles. The maximum atomic E-state index is 10.2. The Balaban J connectivity index is 1.56. The van der Waals surface area contributed by atoms with Crippen molar-refractivity contribution in [3.8, 4) is 0 Å². The van der Waals surface area contributed by atoms with E-state index in [1.165, 1.54) is 11.1 Å². The van der Waals surface area contributed by atoms with Gasteiger partial charge in [0.25, 0.3) is 0 Å². The lowest BCUT2D eigenvalue weighted by Crippen LogP contribution is -2.50. The molecule has 0 aromatic heterocycles. The van der Waals surface area contributed by atoms with Crippen molar-refractivity contribution in [2.45, 2.75) is 69.9 Å². The van der Waals surface area contributed by atoms with Crippen molar-refractivity contribution in [3.63, 3.8) is 0 Å². The molecule has 3 nitrogen and oxygen atoms in total. The summed E-state index contributed by atoms with van der Waals surface area (Å²) in [5.41, 5.74) is 2.48. The molecule has 0 bridgehead atoms. The Morgan fingerprint density at radius 1 is 1.20 bits per heavy atom. The van der Waals surface area contributed by atoms with Gasteiger partial charge in [0, 0.05) is 12.5 Å². The lowest BCUT2D eigenvalue weighted by atomic mass is 9.87. The molecule has 2 aliphatic carbocycles. The second-order valence-electron chi connectivity index (χ2n) is 7.14. The van der Waals surface area contributed by atoms with Crippen molar-refractivity contribution >= 4 is 0 Å². The number of rotatable bonds is 3. The van der Waals surface area contributed by atoms with Crippen LogP contribution in [-0.2, 0) is 11.2 Å². The summed E-state index contributed by atoms with van der Waals surface area (Å²) in [6.07, 6.45) is 2.92. The molecule has 0 saturated heterocycles. The molecule has 0 heterocycles. The van der Waals surface area contributed by atoms with Crippen LogP contribution >= 0.6 is 0 Å². The zero-order valence-corrected chi connectivity index (χ0v) is 12.6. The number of hydrogen-bond acceptors (Lipinski definition) is 3. The van der Waals surface area contributed by atoms with Crippen LogP contribution in [0.4, 0.5) is 0 Å². The molecule has 0 radical (unpaired) electrons. The van der Waals surface area contributed by atoms with Crippen LogP contribution in [0.2, 0.25) is 0 Å². The Kier molecular flexibility index (Phi) is 3.61. The average Bonchev–Trinajstić information content (AvgIpc) is 2.61. The van der Waals surface area contributed by atoms with E-state index in [4.69, 9.17) is 4.74 Å². The molecular formula is C17H25NO2. The highest BCUT2D eigenvalue weighted by Gasteiger charge is 2.38. The predicted octanol–water partition coefficient (Wildman–Crippen LogP) is 2.58. The van der Waals surface area contributed by atoms with Gasteiger partial charge in [0.2, 0.25) is 0 Å². The molecule has 0 unspecified atom stereocenters. The van der Waals surface area contributed by atoms with E-state index in [1.54, 1.807) is 0 Å². The Bertz CT molecular complexity index is 474. The van der Waals surface area contributed by atoms with Crippen LogP contribution in [0.5, 0.6) is 0 Å². The van der Waals surface area contributed by atoms with Crippen molar-refractivity contribution in [3.05, 3.63) is 35.4 Å². The van der Waals surface area contributed by atoms with Crippen molar-refractivity contribution in [2.75, 3.05) is 0 Å². The van der Waals surface area contributed by atoms with Gasteiger partial charge in [-0.3, -0.25) is 0 Å². The maximum Gasteiger partial charge on any atom is 0.0775 e. The summed E-state index contributed by atoms with van der Waals surface area (Å²) in [5, 5.41) is 13.8. The van der Waals surface area contributed by atoms with Crippen molar-refractivity contribution in [1.29, 1.82) is 0 Å². The van der Waals surface area contributed by atoms with E-state index in [0.717, 1.165) is 19.3 Å². The molecule has 1 saturated carbocycles. The fourth-order valence-corrected chi connectivity index (χ4v) is 3.33. The standard InChI is InChI=1S/C17H25NO2/c1-17(2,3)20-13-9-12(10-13)18-16-14-7-5-4-6-11(14)8-15(16)19/h4-7,12-13,15-16,18-19H,8-10H2,1-3H3/t12?,13?,15-,16+/m0/s1. The Morgan fingerprint density at radius 3 is 2.60 bits per heavy atom. The second-order valence-corrected chi connectivity index (χ2v) is 7.14. The third kappa shape index (κ3) is 2.90. The number of aliphatic hydroxyl groups excluding tert-OH is 1. The quantitative estimate of drug-likeness (QED) is 0.891. The van der Waals surface area contributed by atoms with Crippen molar-refractivity contribution in [2.24, 2.45) is 0 Å². The normalized spacial score (nSPS) is 32.8. The first-order chi connectivity index (χ1) is 9.42. The fourth-order valence-electron chi connectivity index (χ4n) is 3.33. The molecule has 1 aromatic carbocycles. The number of ether oxygens (including phenoxy) is 1. The van der Waals surface area contributed by atoms with Gasteiger partial charge in [-0.1, -0.05) is 24.3 Å². The van der Waals surface area contributed by atoms with Gasteiger partial charge in [0.05, 0.1) is 23.9 Å². The highest BCUT2D eigenvalue weighted by molar-refractivity contribution is 5.36. The fraction of sp³-hybridized carbons (Fsp3) is 0.647. The topological polar surface area (TPSA) is 41.5 Å². The Hall–Kier alpha value is -0.900. The van der Waals surface area contributed by atoms with E-state index < -0.39 is 0 Å². The number of nitrogens with one attached hydrogen (secondary N) is 1. The molecule has 3 heteroatoms. The maximum absolute atomic E-state index is 10.2. The summed E-state index contributed by atoms with van der Waals surface area (Å²) in [5.74, 6) is 0. The minimum atomic E-state index is -0.296. The zero-order chi connectivity index (χ0) is 14.3. The first-order valence-electron chi connectivity index (χ1n) is 7.62. The smallest absolute Gasteiger partial charge is 0.0775 e. The summed E-state index contributed by atoms with van der Waals surface area (Å²) in [4.78, 5) is 0. The van der Waals surface area contributed by atoms with Gasteiger partial charge in [-0.25, -0.2) is 0 Å². The zero-order valence-electron chi connectivity index (χ0n) is 12.6. The van der Waals surface area contributed by atoms with Crippen LogP contribution in [0.1, 0.15) is 50.8 Å². The van der Waals surface area contributed by atoms with E-state index in [-0.39, 0.29) is 17.7 Å². The van der Waals surface area contributed by atoms with E-state index in [1.807, 2.05) is 6.07 Å². The van der Waals surface area contributed by atoms with Crippen molar-refractivity contribution < 1.29 is 9.84 Å². The lowest BCUT2D eigenvalue weighted by Gasteiger charge is -2.41. The summed E-state index contributed by atoms with van der Waals surface area (Å²) in [6, 6.07) is 8.90. The van der Waals surface area contributed by atoms with Crippen LogP contribution in [-0.4, -0.2) is 29.0 Å². The SMILES string of the molecule is CC(C)(C)OC1CC(N[C@@H]2c3ccccc3C[C@@H]2O)C1. The van der Waals surface area contributed by atoms with Gasteiger partial charge in [-0.15, -0.1) is 0 Å². The molecule has 3 rings (SSSR count). The summed E-state index contributed by atoms with van der Waals surface area (Å²) < 4.78 is 5.96. The van der Waals surface area contributed by atoms with Crippen LogP contribution in [0.15, 0.2) is 24.3 Å². The van der Waals surface area contributed by atoms with Gasteiger partial charge in [-0.2, -0.15) is 0 Å². The van der Waals surface area contributed by atoms with Gasteiger partial charge in [-0.05, 0) is 44.7 Å². The minimum Gasteiger partial charge on any atom is -0.391 e. The van der Waals surface area contributed by atoms with Gasteiger partial charge in [0.1, 0.15) is 0 Å².